The van der Waals surface area contributed by atoms with Crippen molar-refractivity contribution in [3.05, 3.63) is 0 Å². The molecule has 0 aromatic rings. The van der Waals surface area contributed by atoms with Crippen molar-refractivity contribution in [3.63, 3.8) is 0 Å². The van der Waals surface area contributed by atoms with Crippen LogP contribution in [0.2, 0.25) is 0 Å². The standard InChI is InChI=1S/C17H26O4/c1-2-21-17(20)15(12-8-4-3-5-9-12)16(19)13-10-6-7-11-14(13)18/h12-13,15H,2-11H2,1H3. The molecule has 0 saturated heterocycles. The number of ketones is 2. The third kappa shape index (κ3) is 3.92. The summed E-state index contributed by atoms with van der Waals surface area (Å²) < 4.78 is 5.13. The maximum Gasteiger partial charge on any atom is 0.316 e. The van der Waals surface area contributed by atoms with Crippen molar-refractivity contribution in [2.45, 2.75) is 64.7 Å². The van der Waals surface area contributed by atoms with Crippen LogP contribution in [0.1, 0.15) is 64.7 Å². The second-order valence-electron chi connectivity index (χ2n) is 6.29. The Hall–Kier alpha value is -1.19. The molecule has 4 nitrogen and oxygen atoms in total. The van der Waals surface area contributed by atoms with Gasteiger partial charge in [0.1, 0.15) is 11.7 Å². The smallest absolute Gasteiger partial charge is 0.316 e. The summed E-state index contributed by atoms with van der Waals surface area (Å²) in [6.07, 6.45) is 7.96. The first-order chi connectivity index (χ1) is 10.1. The van der Waals surface area contributed by atoms with Gasteiger partial charge in [-0.2, -0.15) is 0 Å². The third-order valence-corrected chi connectivity index (χ3v) is 4.87. The fourth-order valence-corrected chi connectivity index (χ4v) is 3.74. The highest BCUT2D eigenvalue weighted by Crippen LogP contribution is 2.35. The molecule has 2 rings (SSSR count). The molecule has 0 aliphatic heterocycles. The molecular formula is C17H26O4. The molecule has 2 atom stereocenters. The molecule has 0 spiro atoms. The molecule has 0 aromatic heterocycles. The summed E-state index contributed by atoms with van der Waals surface area (Å²) in [4.78, 5) is 37.1. The van der Waals surface area contributed by atoms with Gasteiger partial charge in [0.25, 0.3) is 0 Å². The quantitative estimate of drug-likeness (QED) is 0.577. The van der Waals surface area contributed by atoms with Gasteiger partial charge in [-0.15, -0.1) is 0 Å². The van der Waals surface area contributed by atoms with Gasteiger partial charge < -0.3 is 4.74 Å². The fraction of sp³-hybridized carbons (Fsp3) is 0.824. The van der Waals surface area contributed by atoms with Crippen LogP contribution in [0.15, 0.2) is 0 Å². The average Bonchev–Trinajstić information content (AvgIpc) is 2.49. The first kappa shape index (κ1) is 16.2. The van der Waals surface area contributed by atoms with Gasteiger partial charge >= 0.3 is 5.97 Å². The second kappa shape index (κ2) is 7.71. The van der Waals surface area contributed by atoms with Crippen LogP contribution in [-0.4, -0.2) is 24.1 Å². The molecule has 0 radical (unpaired) electrons. The molecule has 2 aliphatic rings. The lowest BCUT2D eigenvalue weighted by Crippen LogP contribution is -2.41. The lowest BCUT2D eigenvalue weighted by Gasteiger charge is -2.30. The Balaban J connectivity index is 2.14. The molecule has 0 N–H and O–H groups in total. The molecule has 21 heavy (non-hydrogen) atoms. The van der Waals surface area contributed by atoms with Crippen molar-refractivity contribution < 1.29 is 19.1 Å². The number of carbonyl (C=O) groups excluding carboxylic acids is 3. The molecule has 0 aromatic carbocycles. The lowest BCUT2D eigenvalue weighted by atomic mass is 9.72. The normalized spacial score (nSPS) is 25.4. The van der Waals surface area contributed by atoms with Gasteiger partial charge in [0.05, 0.1) is 12.5 Å². The molecule has 2 unspecified atom stereocenters. The largest absolute Gasteiger partial charge is 0.465 e. The number of rotatable bonds is 5. The van der Waals surface area contributed by atoms with Gasteiger partial charge in [-0.05, 0) is 38.5 Å². The fourth-order valence-electron chi connectivity index (χ4n) is 3.74. The Morgan fingerprint density at radius 1 is 1.10 bits per heavy atom. The highest BCUT2D eigenvalue weighted by atomic mass is 16.5. The first-order valence-electron chi connectivity index (χ1n) is 8.38. The Kier molecular flexibility index (Phi) is 5.95. The maximum absolute atomic E-state index is 12.8. The third-order valence-electron chi connectivity index (χ3n) is 4.87. The van der Waals surface area contributed by atoms with E-state index in [1.165, 1.54) is 6.42 Å². The Morgan fingerprint density at radius 2 is 1.76 bits per heavy atom. The van der Waals surface area contributed by atoms with Crippen molar-refractivity contribution in [2.75, 3.05) is 6.61 Å². The van der Waals surface area contributed by atoms with Crippen LogP contribution in [0.5, 0.6) is 0 Å². The highest BCUT2D eigenvalue weighted by Gasteiger charge is 2.42. The van der Waals surface area contributed by atoms with Crippen LogP contribution in [0.3, 0.4) is 0 Å². The van der Waals surface area contributed by atoms with E-state index in [9.17, 15) is 14.4 Å². The van der Waals surface area contributed by atoms with E-state index >= 15 is 0 Å². The highest BCUT2D eigenvalue weighted by molar-refractivity contribution is 6.10. The zero-order chi connectivity index (χ0) is 15.2. The van der Waals surface area contributed by atoms with Crippen molar-refractivity contribution in [3.8, 4) is 0 Å². The Labute approximate surface area is 126 Å². The van der Waals surface area contributed by atoms with Crippen LogP contribution in [-0.2, 0) is 19.1 Å². The molecular weight excluding hydrogens is 268 g/mol. The van der Waals surface area contributed by atoms with E-state index in [1.54, 1.807) is 6.92 Å². The monoisotopic (exact) mass is 294 g/mol. The van der Waals surface area contributed by atoms with Crippen molar-refractivity contribution >= 4 is 17.5 Å². The van der Waals surface area contributed by atoms with E-state index in [4.69, 9.17) is 4.74 Å². The Morgan fingerprint density at radius 3 is 2.38 bits per heavy atom. The van der Waals surface area contributed by atoms with Gasteiger partial charge in [0.15, 0.2) is 5.78 Å². The van der Waals surface area contributed by atoms with Gasteiger partial charge in [-0.1, -0.05) is 25.7 Å². The van der Waals surface area contributed by atoms with Crippen molar-refractivity contribution in [1.82, 2.24) is 0 Å². The number of hydrogen-bond donors (Lipinski definition) is 0. The first-order valence-corrected chi connectivity index (χ1v) is 8.38. The zero-order valence-electron chi connectivity index (χ0n) is 12.9. The van der Waals surface area contributed by atoms with E-state index in [-0.39, 0.29) is 24.1 Å². The molecule has 2 saturated carbocycles. The number of hydrogen-bond acceptors (Lipinski definition) is 4. The van der Waals surface area contributed by atoms with Gasteiger partial charge in [-0.3, -0.25) is 14.4 Å². The zero-order valence-corrected chi connectivity index (χ0v) is 12.9. The lowest BCUT2D eigenvalue weighted by molar-refractivity contribution is -0.156. The topological polar surface area (TPSA) is 60.4 Å². The van der Waals surface area contributed by atoms with E-state index in [1.807, 2.05) is 0 Å². The second-order valence-corrected chi connectivity index (χ2v) is 6.29. The number of Topliss-reactive ketones (excluding diaryl/α,β-unsaturated/α-hetero) is 2. The van der Waals surface area contributed by atoms with Crippen LogP contribution in [0, 0.1) is 17.8 Å². The molecule has 0 bridgehead atoms. The predicted molar refractivity (Wildman–Crippen MR) is 78.7 cm³/mol. The minimum absolute atomic E-state index is 0.0244. The summed E-state index contributed by atoms with van der Waals surface area (Å²) in [5.74, 6) is -1.75. The molecule has 2 aliphatic carbocycles. The van der Waals surface area contributed by atoms with Crippen LogP contribution >= 0.6 is 0 Å². The maximum atomic E-state index is 12.8. The van der Waals surface area contributed by atoms with Crippen molar-refractivity contribution in [2.24, 2.45) is 17.8 Å². The van der Waals surface area contributed by atoms with E-state index in [0.717, 1.165) is 38.5 Å². The summed E-state index contributed by atoms with van der Waals surface area (Å²) >= 11 is 0. The minimum Gasteiger partial charge on any atom is -0.465 e. The minimum atomic E-state index is -0.711. The van der Waals surface area contributed by atoms with E-state index < -0.39 is 17.8 Å². The summed E-state index contributed by atoms with van der Waals surface area (Å²) in [5.41, 5.74) is 0. The van der Waals surface area contributed by atoms with Gasteiger partial charge in [0, 0.05) is 6.42 Å². The summed E-state index contributed by atoms with van der Waals surface area (Å²) in [6.45, 7) is 2.04. The van der Waals surface area contributed by atoms with Crippen LogP contribution in [0.4, 0.5) is 0 Å². The number of esters is 1. The summed E-state index contributed by atoms with van der Waals surface area (Å²) in [5, 5.41) is 0. The number of ether oxygens (including phenoxy) is 1. The summed E-state index contributed by atoms with van der Waals surface area (Å²) in [7, 11) is 0. The molecule has 0 heterocycles. The predicted octanol–water partition coefficient (Wildman–Crippen LogP) is 3.07. The van der Waals surface area contributed by atoms with Gasteiger partial charge in [-0.25, -0.2) is 0 Å². The SMILES string of the molecule is CCOC(=O)C(C(=O)C1CCCCC1=O)C1CCCCC1. The van der Waals surface area contributed by atoms with Crippen molar-refractivity contribution in [1.29, 1.82) is 0 Å². The number of carbonyl (C=O) groups is 3. The van der Waals surface area contributed by atoms with Gasteiger partial charge in [0.2, 0.25) is 0 Å². The van der Waals surface area contributed by atoms with Crippen LogP contribution in [0.25, 0.3) is 0 Å². The molecule has 0 amide bonds. The molecule has 2 fully saturated rings. The Bertz CT molecular complexity index is 396. The summed E-state index contributed by atoms with van der Waals surface area (Å²) in [6, 6.07) is 0. The molecule has 4 heteroatoms. The van der Waals surface area contributed by atoms with E-state index in [0.29, 0.717) is 12.8 Å². The molecule has 118 valence electrons. The van der Waals surface area contributed by atoms with E-state index in [2.05, 4.69) is 0 Å². The van der Waals surface area contributed by atoms with Crippen LogP contribution < -0.4 is 0 Å². The average molecular weight is 294 g/mol.